The van der Waals surface area contributed by atoms with Gasteiger partial charge in [0.05, 0.1) is 6.42 Å². The highest BCUT2D eigenvalue weighted by atomic mass is 32.2. The minimum Gasteiger partial charge on any atom is -0.481 e. The third kappa shape index (κ3) is 7.90. The van der Waals surface area contributed by atoms with Gasteiger partial charge in [-0.2, -0.15) is 0 Å². The number of aliphatic carboxylic acids is 1. The highest BCUT2D eigenvalue weighted by molar-refractivity contribution is 7.85. The average molecular weight is 263 g/mol. The van der Waals surface area contributed by atoms with Crippen molar-refractivity contribution >= 4 is 22.7 Å². The molecule has 0 saturated carbocycles. The molecule has 1 atom stereocenters. The Morgan fingerprint density at radius 2 is 1.71 bits per heavy atom. The molecular weight excluding hydrogens is 242 g/mol. The molecule has 1 unspecified atom stereocenters. The van der Waals surface area contributed by atoms with E-state index in [0.717, 1.165) is 12.8 Å². The molecule has 0 aliphatic heterocycles. The molecule has 0 aromatic heterocycles. The number of amides is 1. The van der Waals surface area contributed by atoms with Crippen molar-refractivity contribution in [2.24, 2.45) is 0 Å². The van der Waals surface area contributed by atoms with Crippen molar-refractivity contribution in [3.05, 3.63) is 0 Å². The molecule has 6 heteroatoms. The van der Waals surface area contributed by atoms with Gasteiger partial charge >= 0.3 is 5.97 Å². The summed E-state index contributed by atoms with van der Waals surface area (Å²) < 4.78 is 11.5. The van der Waals surface area contributed by atoms with Crippen LogP contribution < -0.4 is 0 Å². The smallest absolute Gasteiger partial charge is 0.304 e. The zero-order chi connectivity index (χ0) is 13.3. The Morgan fingerprint density at radius 3 is 2.12 bits per heavy atom. The normalized spacial score (nSPS) is 12.1. The van der Waals surface area contributed by atoms with E-state index in [0.29, 0.717) is 13.1 Å². The molecule has 0 aliphatic carbocycles. The topological polar surface area (TPSA) is 74.7 Å². The third-order valence-corrected chi connectivity index (χ3v) is 3.40. The summed E-state index contributed by atoms with van der Waals surface area (Å²) in [5.41, 5.74) is 0. The summed E-state index contributed by atoms with van der Waals surface area (Å²) in [4.78, 5) is 23.8. The molecule has 0 bridgehead atoms. The molecule has 0 heterocycles. The van der Waals surface area contributed by atoms with E-state index in [9.17, 15) is 13.8 Å². The maximum atomic E-state index is 11.8. The van der Waals surface area contributed by atoms with Crippen LogP contribution in [0.5, 0.6) is 0 Å². The van der Waals surface area contributed by atoms with Gasteiger partial charge in [-0.1, -0.05) is 13.8 Å². The highest BCUT2D eigenvalue weighted by Crippen LogP contribution is 1.98. The molecule has 1 N–H and O–H groups in total. The summed E-state index contributed by atoms with van der Waals surface area (Å²) in [6.07, 6.45) is 1.59. The lowest BCUT2D eigenvalue weighted by Gasteiger charge is -2.21. The molecule has 0 saturated heterocycles. The average Bonchev–Trinajstić information content (AvgIpc) is 2.26. The molecule has 100 valence electrons. The lowest BCUT2D eigenvalue weighted by atomic mass is 10.3. The maximum Gasteiger partial charge on any atom is 0.304 e. The zero-order valence-corrected chi connectivity index (χ0v) is 11.3. The molecule has 0 radical (unpaired) electrons. The molecule has 17 heavy (non-hydrogen) atoms. The van der Waals surface area contributed by atoms with Gasteiger partial charge in [0, 0.05) is 29.6 Å². The summed E-state index contributed by atoms with van der Waals surface area (Å²) in [6.45, 7) is 5.31. The molecule has 1 amide bonds. The molecule has 5 nitrogen and oxygen atoms in total. The molecule has 0 fully saturated rings. The van der Waals surface area contributed by atoms with Crippen molar-refractivity contribution in [1.82, 2.24) is 4.90 Å². The molecule has 0 aliphatic rings. The van der Waals surface area contributed by atoms with Gasteiger partial charge in [-0.15, -0.1) is 0 Å². The van der Waals surface area contributed by atoms with Crippen LogP contribution in [0.25, 0.3) is 0 Å². The molecule has 0 aromatic rings. The Labute approximate surface area is 105 Å². The number of rotatable bonds is 9. The fourth-order valence-electron chi connectivity index (χ4n) is 1.40. The van der Waals surface area contributed by atoms with Gasteiger partial charge in [0.2, 0.25) is 5.91 Å². The van der Waals surface area contributed by atoms with E-state index in [1.165, 1.54) is 0 Å². The SMILES string of the molecule is CCCN(CCC)C(=O)CS(=O)CCC(=O)O. The fourth-order valence-corrected chi connectivity index (χ4v) is 2.41. The van der Waals surface area contributed by atoms with Gasteiger partial charge in [0.15, 0.2) is 0 Å². The van der Waals surface area contributed by atoms with Gasteiger partial charge in [-0.25, -0.2) is 0 Å². The van der Waals surface area contributed by atoms with E-state index in [1.807, 2.05) is 13.8 Å². The summed E-state index contributed by atoms with van der Waals surface area (Å²) in [6, 6.07) is 0. The second-order valence-corrected chi connectivity index (χ2v) is 5.39. The van der Waals surface area contributed by atoms with Crippen molar-refractivity contribution in [2.45, 2.75) is 33.1 Å². The first-order chi connectivity index (χ1) is 8.01. The van der Waals surface area contributed by atoms with E-state index in [4.69, 9.17) is 5.11 Å². The summed E-state index contributed by atoms with van der Waals surface area (Å²) >= 11 is 0. The van der Waals surface area contributed by atoms with Crippen molar-refractivity contribution in [1.29, 1.82) is 0 Å². The summed E-state index contributed by atoms with van der Waals surface area (Å²) in [5, 5.41) is 8.44. The molecule has 0 aromatic carbocycles. The lowest BCUT2D eigenvalue weighted by molar-refractivity contribution is -0.136. The Bertz CT molecular complexity index is 275. The van der Waals surface area contributed by atoms with Gasteiger partial charge in [0.25, 0.3) is 0 Å². The third-order valence-electron chi connectivity index (χ3n) is 2.17. The number of carboxylic acids is 1. The van der Waals surface area contributed by atoms with E-state index in [2.05, 4.69) is 0 Å². The van der Waals surface area contributed by atoms with Crippen LogP contribution in [0.4, 0.5) is 0 Å². The van der Waals surface area contributed by atoms with Crippen LogP contribution in [-0.2, 0) is 20.4 Å². The van der Waals surface area contributed by atoms with Crippen LogP contribution in [0.2, 0.25) is 0 Å². The Balaban J connectivity index is 4.10. The predicted octanol–water partition coefficient (Wildman–Crippen LogP) is 0.858. The number of hydrogen-bond acceptors (Lipinski definition) is 3. The van der Waals surface area contributed by atoms with E-state index >= 15 is 0 Å². The number of nitrogens with zero attached hydrogens (tertiary/aromatic N) is 1. The van der Waals surface area contributed by atoms with Crippen LogP contribution >= 0.6 is 0 Å². The molecule has 0 spiro atoms. The van der Waals surface area contributed by atoms with E-state index < -0.39 is 16.8 Å². The summed E-state index contributed by atoms with van der Waals surface area (Å²) in [7, 11) is -1.37. The predicted molar refractivity (Wildman–Crippen MR) is 67.3 cm³/mol. The van der Waals surface area contributed by atoms with Crippen molar-refractivity contribution < 1.29 is 18.9 Å². The molecule has 0 rings (SSSR count). The zero-order valence-electron chi connectivity index (χ0n) is 10.5. The minimum absolute atomic E-state index is 0.0488. The molecular formula is C11H21NO4S. The van der Waals surface area contributed by atoms with Crippen LogP contribution in [0.1, 0.15) is 33.1 Å². The number of carboxylic acid groups (broad SMARTS) is 1. The van der Waals surface area contributed by atoms with Gasteiger partial charge in [0.1, 0.15) is 5.75 Å². The van der Waals surface area contributed by atoms with Crippen LogP contribution in [0, 0.1) is 0 Å². The van der Waals surface area contributed by atoms with Crippen molar-refractivity contribution in [2.75, 3.05) is 24.6 Å². The number of carbonyl (C=O) groups is 2. The first kappa shape index (κ1) is 16.1. The first-order valence-electron chi connectivity index (χ1n) is 5.85. The summed E-state index contributed by atoms with van der Waals surface area (Å²) in [5.74, 6) is -1.14. The number of hydrogen-bond donors (Lipinski definition) is 1. The minimum atomic E-state index is -1.37. The Morgan fingerprint density at radius 1 is 1.18 bits per heavy atom. The van der Waals surface area contributed by atoms with Crippen LogP contribution in [0.15, 0.2) is 0 Å². The van der Waals surface area contributed by atoms with Crippen molar-refractivity contribution in [3.8, 4) is 0 Å². The van der Waals surface area contributed by atoms with Gasteiger partial charge < -0.3 is 10.0 Å². The quantitative estimate of drug-likeness (QED) is 0.669. The highest BCUT2D eigenvalue weighted by Gasteiger charge is 2.15. The maximum absolute atomic E-state index is 11.8. The second kappa shape index (κ2) is 9.15. The monoisotopic (exact) mass is 263 g/mol. The largest absolute Gasteiger partial charge is 0.481 e. The Kier molecular flexibility index (Phi) is 8.66. The van der Waals surface area contributed by atoms with Crippen LogP contribution in [-0.4, -0.2) is 50.7 Å². The van der Waals surface area contributed by atoms with Gasteiger partial charge in [-0.05, 0) is 12.8 Å². The van der Waals surface area contributed by atoms with E-state index in [-0.39, 0.29) is 23.8 Å². The lowest BCUT2D eigenvalue weighted by Crippen LogP contribution is -2.36. The number of carbonyl (C=O) groups excluding carboxylic acids is 1. The van der Waals surface area contributed by atoms with Crippen LogP contribution in [0.3, 0.4) is 0 Å². The van der Waals surface area contributed by atoms with Gasteiger partial charge in [-0.3, -0.25) is 13.8 Å². The Hall–Kier alpha value is -0.910. The second-order valence-electron chi connectivity index (χ2n) is 3.81. The van der Waals surface area contributed by atoms with Crippen molar-refractivity contribution in [3.63, 3.8) is 0 Å². The fraction of sp³-hybridized carbons (Fsp3) is 0.818. The standard InChI is InChI=1S/C11H21NO4S/c1-3-6-12(7-4-2)10(13)9-17(16)8-5-11(14)15/h3-9H2,1-2H3,(H,14,15). The first-order valence-corrected chi connectivity index (χ1v) is 7.34. The van der Waals surface area contributed by atoms with E-state index in [1.54, 1.807) is 4.90 Å².